The molecule has 0 radical (unpaired) electrons. The minimum Gasteiger partial charge on any atom is -0.406 e. The van der Waals surface area contributed by atoms with Crippen molar-refractivity contribution in [3.63, 3.8) is 0 Å². The van der Waals surface area contributed by atoms with Crippen LogP contribution in [0.5, 0.6) is 5.75 Å². The van der Waals surface area contributed by atoms with Gasteiger partial charge < -0.3 is 20.5 Å². The summed E-state index contributed by atoms with van der Waals surface area (Å²) in [5.74, 6) is -1.58. The molecule has 4 rings (SSSR count). The molecular weight excluding hydrogens is 487 g/mol. The standard InChI is InChI=1S/C27H26F3N3O4/c1-3-32-26(35)21-8-20(9-22(10-21)37-27(28,29)30)18-6-4-17-5-7-19-14-36-15-33(12-16(2)25(31)34)13-24(19)23(17)11-18/h4-11H,2-3,12-15H2,1H3,(H2,31,34)(H,32,35). The summed E-state index contributed by atoms with van der Waals surface area (Å²) < 4.78 is 48.9. The lowest BCUT2D eigenvalue weighted by Gasteiger charge is -2.21. The number of nitrogens with zero attached hydrogens (tertiary/aromatic N) is 1. The van der Waals surface area contributed by atoms with Gasteiger partial charge in [0.2, 0.25) is 5.91 Å². The van der Waals surface area contributed by atoms with Crippen LogP contribution in [0.2, 0.25) is 0 Å². The molecule has 0 spiro atoms. The summed E-state index contributed by atoms with van der Waals surface area (Å²) in [5.41, 5.74) is 8.57. The average Bonchev–Trinajstić information content (AvgIpc) is 3.04. The van der Waals surface area contributed by atoms with Crippen molar-refractivity contribution < 1.29 is 32.2 Å². The number of fused-ring (bicyclic) bond motifs is 3. The monoisotopic (exact) mass is 513 g/mol. The normalized spacial score (nSPS) is 14.1. The van der Waals surface area contributed by atoms with Crippen LogP contribution >= 0.6 is 0 Å². The molecule has 0 atom stereocenters. The molecule has 194 valence electrons. The number of hydrogen-bond acceptors (Lipinski definition) is 5. The van der Waals surface area contributed by atoms with Crippen LogP contribution in [-0.4, -0.2) is 42.9 Å². The third kappa shape index (κ3) is 6.28. The molecule has 0 bridgehead atoms. The number of carbonyl (C=O) groups excluding carboxylic acids is 2. The lowest BCUT2D eigenvalue weighted by Crippen LogP contribution is -2.30. The lowest BCUT2D eigenvalue weighted by atomic mass is 9.94. The van der Waals surface area contributed by atoms with Gasteiger partial charge in [0, 0.05) is 30.8 Å². The summed E-state index contributed by atoms with van der Waals surface area (Å²) in [4.78, 5) is 25.8. The summed E-state index contributed by atoms with van der Waals surface area (Å²) in [6.07, 6.45) is -4.91. The molecule has 3 N–H and O–H groups in total. The molecule has 0 aliphatic carbocycles. The van der Waals surface area contributed by atoms with Crippen molar-refractivity contribution >= 4 is 22.6 Å². The molecule has 0 saturated heterocycles. The number of rotatable bonds is 7. The van der Waals surface area contributed by atoms with Gasteiger partial charge in [-0.2, -0.15) is 0 Å². The highest BCUT2D eigenvalue weighted by Crippen LogP contribution is 2.34. The second-order valence-corrected chi connectivity index (χ2v) is 8.72. The number of amides is 2. The van der Waals surface area contributed by atoms with Crippen LogP contribution in [0.25, 0.3) is 21.9 Å². The Hall–Kier alpha value is -3.89. The topological polar surface area (TPSA) is 93.9 Å². The highest BCUT2D eigenvalue weighted by molar-refractivity contribution is 5.97. The Bertz CT molecular complexity index is 1370. The summed E-state index contributed by atoms with van der Waals surface area (Å²) in [6, 6.07) is 13.3. The Morgan fingerprint density at radius 1 is 1.14 bits per heavy atom. The number of carbonyl (C=O) groups is 2. The van der Waals surface area contributed by atoms with Gasteiger partial charge in [-0.3, -0.25) is 14.5 Å². The van der Waals surface area contributed by atoms with Gasteiger partial charge in [0.05, 0.1) is 6.61 Å². The zero-order valence-electron chi connectivity index (χ0n) is 20.2. The maximum absolute atomic E-state index is 13.0. The van der Waals surface area contributed by atoms with Crippen molar-refractivity contribution in [2.75, 3.05) is 19.8 Å². The van der Waals surface area contributed by atoms with E-state index in [9.17, 15) is 22.8 Å². The molecule has 0 unspecified atom stereocenters. The van der Waals surface area contributed by atoms with E-state index in [1.54, 1.807) is 13.0 Å². The fraction of sp³-hybridized carbons (Fsp3) is 0.259. The maximum Gasteiger partial charge on any atom is 0.573 e. The zero-order chi connectivity index (χ0) is 26.7. The van der Waals surface area contributed by atoms with Crippen LogP contribution < -0.4 is 15.8 Å². The fourth-order valence-electron chi connectivity index (χ4n) is 4.28. The van der Waals surface area contributed by atoms with Crippen molar-refractivity contribution in [2.24, 2.45) is 5.73 Å². The highest BCUT2D eigenvalue weighted by Gasteiger charge is 2.31. The van der Waals surface area contributed by atoms with E-state index in [1.807, 2.05) is 29.2 Å². The summed E-state index contributed by atoms with van der Waals surface area (Å²) >= 11 is 0. The largest absolute Gasteiger partial charge is 0.573 e. The van der Waals surface area contributed by atoms with Crippen molar-refractivity contribution in [2.45, 2.75) is 26.4 Å². The van der Waals surface area contributed by atoms with E-state index >= 15 is 0 Å². The maximum atomic E-state index is 13.0. The smallest absolute Gasteiger partial charge is 0.406 e. The van der Waals surface area contributed by atoms with Crippen molar-refractivity contribution in [3.8, 4) is 16.9 Å². The molecule has 3 aromatic rings. The molecule has 0 fully saturated rings. The summed E-state index contributed by atoms with van der Waals surface area (Å²) in [6.45, 7) is 7.07. The van der Waals surface area contributed by atoms with E-state index < -0.39 is 23.9 Å². The lowest BCUT2D eigenvalue weighted by molar-refractivity contribution is -0.274. The van der Waals surface area contributed by atoms with Crippen molar-refractivity contribution in [1.29, 1.82) is 0 Å². The van der Waals surface area contributed by atoms with Crippen molar-refractivity contribution in [3.05, 3.63) is 77.4 Å². The Morgan fingerprint density at radius 2 is 1.89 bits per heavy atom. The van der Waals surface area contributed by atoms with E-state index in [4.69, 9.17) is 10.5 Å². The number of nitrogens with two attached hydrogens (primary N) is 1. The fourth-order valence-corrected chi connectivity index (χ4v) is 4.28. The second kappa shape index (κ2) is 10.6. The first-order chi connectivity index (χ1) is 17.5. The predicted octanol–water partition coefficient (Wildman–Crippen LogP) is 4.49. The average molecular weight is 514 g/mol. The number of primary amides is 1. The molecule has 7 nitrogen and oxygen atoms in total. The Morgan fingerprint density at radius 3 is 2.59 bits per heavy atom. The number of hydrogen-bond donors (Lipinski definition) is 2. The van der Waals surface area contributed by atoms with Crippen LogP contribution in [-0.2, 0) is 22.7 Å². The SMILES string of the molecule is C=C(CN1COCc2ccc3ccc(-c4cc(OC(F)(F)F)cc(C(=O)NCC)c4)cc3c2C1)C(N)=O. The predicted molar refractivity (Wildman–Crippen MR) is 132 cm³/mol. The number of ether oxygens (including phenoxy) is 2. The van der Waals surface area contributed by atoms with Gasteiger partial charge in [-0.1, -0.05) is 30.8 Å². The van der Waals surface area contributed by atoms with E-state index in [-0.39, 0.29) is 24.4 Å². The molecule has 1 aliphatic heterocycles. The Labute approximate surface area is 211 Å². The van der Waals surface area contributed by atoms with Gasteiger partial charge in [0.25, 0.3) is 5.91 Å². The van der Waals surface area contributed by atoms with Gasteiger partial charge in [0.15, 0.2) is 0 Å². The number of alkyl halides is 3. The van der Waals surface area contributed by atoms with E-state index in [0.29, 0.717) is 30.8 Å². The summed E-state index contributed by atoms with van der Waals surface area (Å²) in [5, 5.41) is 4.39. The van der Waals surface area contributed by atoms with Gasteiger partial charge in [-0.05, 0) is 64.2 Å². The molecule has 3 aromatic carbocycles. The number of benzene rings is 3. The van der Waals surface area contributed by atoms with Crippen LogP contribution in [0.15, 0.2) is 60.7 Å². The van der Waals surface area contributed by atoms with Crippen LogP contribution in [0.4, 0.5) is 13.2 Å². The van der Waals surface area contributed by atoms with Crippen LogP contribution in [0.1, 0.15) is 28.4 Å². The first kappa shape index (κ1) is 26.2. The van der Waals surface area contributed by atoms with Crippen LogP contribution in [0, 0.1) is 0 Å². The first-order valence-electron chi connectivity index (χ1n) is 11.6. The Balaban J connectivity index is 1.79. The molecule has 0 aromatic heterocycles. The highest BCUT2D eigenvalue weighted by atomic mass is 19.4. The minimum absolute atomic E-state index is 0.0510. The summed E-state index contributed by atoms with van der Waals surface area (Å²) in [7, 11) is 0. The molecule has 1 aliphatic rings. The van der Waals surface area contributed by atoms with Crippen molar-refractivity contribution in [1.82, 2.24) is 10.2 Å². The quantitative estimate of drug-likeness (QED) is 0.454. The van der Waals surface area contributed by atoms with Crippen LogP contribution in [0.3, 0.4) is 0 Å². The third-order valence-corrected chi connectivity index (χ3v) is 5.98. The van der Waals surface area contributed by atoms with E-state index in [0.717, 1.165) is 28.0 Å². The second-order valence-electron chi connectivity index (χ2n) is 8.72. The first-order valence-corrected chi connectivity index (χ1v) is 11.6. The molecule has 10 heteroatoms. The molecule has 2 amide bonds. The molecule has 0 saturated carbocycles. The van der Waals surface area contributed by atoms with E-state index in [2.05, 4.69) is 16.6 Å². The van der Waals surface area contributed by atoms with Gasteiger partial charge in [-0.15, -0.1) is 13.2 Å². The molecule has 37 heavy (non-hydrogen) atoms. The Kier molecular flexibility index (Phi) is 7.51. The third-order valence-electron chi connectivity index (χ3n) is 5.98. The van der Waals surface area contributed by atoms with Gasteiger partial charge >= 0.3 is 6.36 Å². The minimum atomic E-state index is -4.91. The molecular formula is C27H26F3N3O4. The number of halogens is 3. The van der Waals surface area contributed by atoms with Gasteiger partial charge in [-0.25, -0.2) is 0 Å². The molecule has 1 heterocycles. The van der Waals surface area contributed by atoms with Gasteiger partial charge in [0.1, 0.15) is 12.5 Å². The number of nitrogens with one attached hydrogen (secondary N) is 1. The van der Waals surface area contributed by atoms with E-state index in [1.165, 1.54) is 12.1 Å². The zero-order valence-corrected chi connectivity index (χ0v) is 20.2.